The Balaban J connectivity index is 2.46. The topological polar surface area (TPSA) is 129 Å². The van der Waals surface area contributed by atoms with E-state index in [0.717, 1.165) is 0 Å². The van der Waals surface area contributed by atoms with E-state index in [9.17, 15) is 18.0 Å². The molecular formula is C15H25N3O7S. The number of rotatable bonds is 7. The molecule has 1 aliphatic rings. The number of sulfonamides is 1. The zero-order chi connectivity index (χ0) is 19.6. The summed E-state index contributed by atoms with van der Waals surface area (Å²) in [4.78, 5) is 26.0. The average molecular weight is 391 g/mol. The SMILES string of the molecule is CNS(=O)(=O)C[C@H]1O[C@@H](n2cc(C)c(=O)[nH]c2=O)[C@H](OC)[C@@H]1OC(C)C. The number of nitrogens with zero attached hydrogens (tertiary/aromatic N) is 1. The maximum Gasteiger partial charge on any atom is 0.330 e. The molecule has 148 valence electrons. The number of aromatic amines is 1. The first-order chi connectivity index (χ1) is 12.1. The van der Waals surface area contributed by atoms with E-state index in [2.05, 4.69) is 9.71 Å². The van der Waals surface area contributed by atoms with Gasteiger partial charge in [0, 0.05) is 18.9 Å². The molecule has 1 aromatic rings. The van der Waals surface area contributed by atoms with Gasteiger partial charge in [0.25, 0.3) is 5.56 Å². The van der Waals surface area contributed by atoms with Gasteiger partial charge >= 0.3 is 5.69 Å². The van der Waals surface area contributed by atoms with Crippen molar-refractivity contribution in [1.82, 2.24) is 14.3 Å². The van der Waals surface area contributed by atoms with Gasteiger partial charge in [-0.15, -0.1) is 0 Å². The molecule has 0 aromatic carbocycles. The first kappa shape index (κ1) is 20.8. The Kier molecular flexibility index (Phi) is 6.40. The summed E-state index contributed by atoms with van der Waals surface area (Å²) in [5.41, 5.74) is -0.855. The van der Waals surface area contributed by atoms with Gasteiger partial charge in [-0.2, -0.15) is 0 Å². The highest BCUT2D eigenvalue weighted by Gasteiger charge is 2.48. The molecule has 0 amide bonds. The summed E-state index contributed by atoms with van der Waals surface area (Å²) in [6.45, 7) is 5.16. The molecule has 1 fully saturated rings. The Hall–Kier alpha value is -1.53. The van der Waals surface area contributed by atoms with E-state index >= 15 is 0 Å². The molecule has 11 heteroatoms. The highest BCUT2D eigenvalue weighted by Crippen LogP contribution is 2.33. The first-order valence-electron chi connectivity index (χ1n) is 8.16. The molecule has 0 radical (unpaired) electrons. The summed E-state index contributed by atoms with van der Waals surface area (Å²) in [7, 11) is -0.854. The van der Waals surface area contributed by atoms with Crippen LogP contribution in [-0.4, -0.2) is 62.3 Å². The number of aryl methyl sites for hydroxylation is 1. The van der Waals surface area contributed by atoms with Crippen molar-refractivity contribution in [3.63, 3.8) is 0 Å². The predicted molar refractivity (Wildman–Crippen MR) is 93.6 cm³/mol. The third-order valence-corrected chi connectivity index (χ3v) is 5.49. The molecule has 26 heavy (non-hydrogen) atoms. The van der Waals surface area contributed by atoms with Crippen molar-refractivity contribution >= 4 is 10.0 Å². The van der Waals surface area contributed by atoms with Gasteiger partial charge in [-0.25, -0.2) is 17.9 Å². The summed E-state index contributed by atoms with van der Waals surface area (Å²) >= 11 is 0. The van der Waals surface area contributed by atoms with Gasteiger partial charge in [-0.05, 0) is 27.8 Å². The van der Waals surface area contributed by atoms with Crippen molar-refractivity contribution in [2.24, 2.45) is 0 Å². The van der Waals surface area contributed by atoms with Crippen LogP contribution in [0, 0.1) is 6.92 Å². The summed E-state index contributed by atoms with van der Waals surface area (Å²) < 4.78 is 44.6. The second-order valence-corrected chi connectivity index (χ2v) is 8.35. The molecule has 0 spiro atoms. The van der Waals surface area contributed by atoms with E-state index in [-0.39, 0.29) is 11.9 Å². The maximum atomic E-state index is 12.2. The lowest BCUT2D eigenvalue weighted by Crippen LogP contribution is -2.43. The molecule has 4 atom stereocenters. The minimum Gasteiger partial charge on any atom is -0.374 e. The predicted octanol–water partition coefficient (Wildman–Crippen LogP) is -0.900. The molecule has 1 saturated heterocycles. The number of H-pyrrole nitrogens is 1. The number of ether oxygens (including phenoxy) is 3. The zero-order valence-corrected chi connectivity index (χ0v) is 16.2. The lowest BCUT2D eigenvalue weighted by Gasteiger charge is -2.25. The van der Waals surface area contributed by atoms with Crippen LogP contribution in [0.3, 0.4) is 0 Å². The number of methoxy groups -OCH3 is 1. The monoisotopic (exact) mass is 391 g/mol. The molecule has 10 nitrogen and oxygen atoms in total. The fourth-order valence-electron chi connectivity index (χ4n) is 2.87. The third kappa shape index (κ3) is 4.41. The van der Waals surface area contributed by atoms with Gasteiger partial charge in [-0.3, -0.25) is 14.3 Å². The van der Waals surface area contributed by atoms with Gasteiger partial charge in [0.15, 0.2) is 6.23 Å². The zero-order valence-electron chi connectivity index (χ0n) is 15.4. The Bertz CT molecular complexity index is 846. The highest BCUT2D eigenvalue weighted by molar-refractivity contribution is 7.89. The van der Waals surface area contributed by atoms with Gasteiger partial charge in [-0.1, -0.05) is 0 Å². The largest absolute Gasteiger partial charge is 0.374 e. The first-order valence-corrected chi connectivity index (χ1v) is 9.82. The highest BCUT2D eigenvalue weighted by atomic mass is 32.2. The fraction of sp³-hybridized carbons (Fsp3) is 0.733. The number of hydrogen-bond acceptors (Lipinski definition) is 7. The van der Waals surface area contributed by atoms with E-state index in [1.165, 1.54) is 24.9 Å². The number of nitrogens with one attached hydrogen (secondary N) is 2. The van der Waals surface area contributed by atoms with Gasteiger partial charge in [0.05, 0.1) is 11.9 Å². The molecule has 2 N–H and O–H groups in total. The van der Waals surface area contributed by atoms with E-state index in [1.807, 2.05) is 0 Å². The van der Waals surface area contributed by atoms with Crippen molar-refractivity contribution < 1.29 is 22.6 Å². The molecule has 2 rings (SSSR count). The van der Waals surface area contributed by atoms with Crippen LogP contribution in [-0.2, 0) is 24.2 Å². The van der Waals surface area contributed by atoms with Crippen LogP contribution in [0.5, 0.6) is 0 Å². The molecule has 0 bridgehead atoms. The van der Waals surface area contributed by atoms with Crippen molar-refractivity contribution in [3.05, 3.63) is 32.6 Å². The van der Waals surface area contributed by atoms with Crippen molar-refractivity contribution in [1.29, 1.82) is 0 Å². The summed E-state index contributed by atoms with van der Waals surface area (Å²) in [6.07, 6.45) is -2.11. The third-order valence-electron chi connectivity index (χ3n) is 4.10. The molecular weight excluding hydrogens is 366 g/mol. The van der Waals surface area contributed by atoms with Crippen LogP contribution in [0.25, 0.3) is 0 Å². The molecule has 0 saturated carbocycles. The lowest BCUT2D eigenvalue weighted by atomic mass is 10.1. The minimum atomic E-state index is -3.59. The minimum absolute atomic E-state index is 0.214. The van der Waals surface area contributed by atoms with E-state index in [1.54, 1.807) is 20.8 Å². The van der Waals surface area contributed by atoms with Gasteiger partial charge in [0.2, 0.25) is 10.0 Å². The maximum absolute atomic E-state index is 12.2. The van der Waals surface area contributed by atoms with Crippen molar-refractivity contribution in [3.8, 4) is 0 Å². The van der Waals surface area contributed by atoms with E-state index < -0.39 is 45.8 Å². The van der Waals surface area contributed by atoms with Crippen LogP contribution < -0.4 is 16.0 Å². The Labute approximate surface area is 151 Å². The second-order valence-electron chi connectivity index (χ2n) is 6.38. The standard InChI is InChI=1S/C15H25N3O7S/c1-8(2)24-11-10(7-26(21,22)16-4)25-14(12(11)23-5)18-6-9(3)13(19)17-15(18)20/h6,8,10-12,14,16H,7H2,1-5H3,(H,17,19,20)/t10-,11-,12-,14-/m1/s1. The second kappa shape index (κ2) is 8.01. The van der Waals surface area contributed by atoms with Crippen LogP contribution in [0.15, 0.2) is 15.8 Å². The molecule has 0 aliphatic carbocycles. The number of hydrogen-bond donors (Lipinski definition) is 2. The van der Waals surface area contributed by atoms with Crippen LogP contribution in [0.4, 0.5) is 0 Å². The normalized spacial score (nSPS) is 26.5. The quantitative estimate of drug-likeness (QED) is 0.616. The Morgan fingerprint density at radius 1 is 1.35 bits per heavy atom. The number of aromatic nitrogens is 2. The summed E-state index contributed by atoms with van der Waals surface area (Å²) in [6, 6.07) is 0. The Morgan fingerprint density at radius 3 is 2.54 bits per heavy atom. The van der Waals surface area contributed by atoms with Crippen LogP contribution in [0.1, 0.15) is 25.6 Å². The smallest absolute Gasteiger partial charge is 0.330 e. The summed E-state index contributed by atoms with van der Waals surface area (Å²) in [5, 5.41) is 0. The molecule has 2 heterocycles. The van der Waals surface area contributed by atoms with E-state index in [0.29, 0.717) is 5.56 Å². The Morgan fingerprint density at radius 2 is 2.00 bits per heavy atom. The summed E-state index contributed by atoms with van der Waals surface area (Å²) in [5.74, 6) is -0.353. The van der Waals surface area contributed by atoms with Gasteiger partial charge in [0.1, 0.15) is 18.3 Å². The molecule has 0 unspecified atom stereocenters. The van der Waals surface area contributed by atoms with Crippen molar-refractivity contribution in [2.75, 3.05) is 19.9 Å². The molecule has 1 aliphatic heterocycles. The van der Waals surface area contributed by atoms with Gasteiger partial charge < -0.3 is 14.2 Å². The lowest BCUT2D eigenvalue weighted by molar-refractivity contribution is -0.0777. The molecule has 1 aromatic heterocycles. The van der Waals surface area contributed by atoms with Crippen LogP contribution >= 0.6 is 0 Å². The van der Waals surface area contributed by atoms with Crippen molar-refractivity contribution in [2.45, 2.75) is 51.4 Å². The fourth-order valence-corrected chi connectivity index (χ4v) is 3.74. The average Bonchev–Trinajstić information content (AvgIpc) is 2.87. The van der Waals surface area contributed by atoms with E-state index in [4.69, 9.17) is 14.2 Å². The van der Waals surface area contributed by atoms with Crippen LogP contribution in [0.2, 0.25) is 0 Å².